The molecule has 26 heavy (non-hydrogen) atoms. The Morgan fingerprint density at radius 3 is 2.88 bits per heavy atom. The van der Waals surface area contributed by atoms with E-state index in [0.29, 0.717) is 18.3 Å². The maximum Gasteiger partial charge on any atom is 0.278 e. The lowest BCUT2D eigenvalue weighted by molar-refractivity contribution is 0.0657. The van der Waals surface area contributed by atoms with Crippen LogP contribution in [-0.4, -0.2) is 40.1 Å². The van der Waals surface area contributed by atoms with E-state index in [9.17, 15) is 4.79 Å². The van der Waals surface area contributed by atoms with Crippen LogP contribution in [0.15, 0.2) is 24.3 Å². The summed E-state index contributed by atoms with van der Waals surface area (Å²) in [5, 5.41) is 14.6. The average molecular weight is 357 g/mol. The molecule has 1 aliphatic heterocycles. The van der Waals surface area contributed by atoms with Gasteiger partial charge in [0.1, 0.15) is 0 Å². The van der Waals surface area contributed by atoms with Gasteiger partial charge in [0.2, 0.25) is 0 Å². The highest BCUT2D eigenvalue weighted by atomic mass is 16.5. The van der Waals surface area contributed by atoms with Crippen LogP contribution in [0.25, 0.3) is 0 Å². The molecule has 1 aliphatic rings. The minimum Gasteiger partial charge on any atom is -0.374 e. The molecule has 2 aromatic rings. The average Bonchev–Trinajstić information content (AvgIpc) is 3.02. The zero-order chi connectivity index (χ0) is 18.5. The number of anilines is 1. The summed E-state index contributed by atoms with van der Waals surface area (Å²) in [6, 6.07) is 7.99. The normalized spacial score (nSPS) is 15.4. The highest BCUT2D eigenvalue weighted by Gasteiger charge is 2.23. The number of nitrogens with one attached hydrogen (secondary N) is 2. The predicted octanol–water partition coefficient (Wildman–Crippen LogP) is 2.69. The largest absolute Gasteiger partial charge is 0.374 e. The number of amides is 1. The van der Waals surface area contributed by atoms with Gasteiger partial charge in [-0.3, -0.25) is 4.79 Å². The molecule has 0 radical (unpaired) electrons. The number of nitrogens with zero attached hydrogens (tertiary/aromatic N) is 3. The Balaban J connectivity index is 1.68. The van der Waals surface area contributed by atoms with Crippen LogP contribution in [0.2, 0.25) is 0 Å². The Morgan fingerprint density at radius 2 is 2.15 bits per heavy atom. The van der Waals surface area contributed by atoms with E-state index in [-0.39, 0.29) is 12.0 Å². The van der Waals surface area contributed by atoms with Gasteiger partial charge in [-0.15, -0.1) is 5.10 Å². The molecule has 0 saturated carbocycles. The third-order valence-electron chi connectivity index (χ3n) is 4.57. The van der Waals surface area contributed by atoms with Crippen molar-refractivity contribution in [3.63, 3.8) is 0 Å². The zero-order valence-corrected chi connectivity index (χ0v) is 15.7. The molecule has 0 unspecified atom stereocenters. The summed E-state index contributed by atoms with van der Waals surface area (Å²) < 4.78 is 7.51. The Labute approximate surface area is 154 Å². The van der Waals surface area contributed by atoms with Gasteiger partial charge in [0.25, 0.3) is 5.91 Å². The van der Waals surface area contributed by atoms with Crippen LogP contribution >= 0.6 is 0 Å². The smallest absolute Gasteiger partial charge is 0.278 e. The molecule has 0 atom stereocenters. The molecular weight excluding hydrogens is 330 g/mol. The van der Waals surface area contributed by atoms with Gasteiger partial charge in [-0.25, -0.2) is 4.68 Å². The van der Waals surface area contributed by atoms with Gasteiger partial charge >= 0.3 is 0 Å². The topological polar surface area (TPSA) is 81.1 Å². The molecule has 1 fully saturated rings. The monoisotopic (exact) mass is 357 g/mol. The molecule has 0 spiro atoms. The third kappa shape index (κ3) is 4.47. The Morgan fingerprint density at radius 1 is 1.38 bits per heavy atom. The summed E-state index contributed by atoms with van der Waals surface area (Å²) in [5.74, 6) is -0.232. The summed E-state index contributed by atoms with van der Waals surface area (Å²) in [5.41, 5.74) is 2.95. The highest BCUT2D eigenvalue weighted by Crippen LogP contribution is 2.21. The summed E-state index contributed by atoms with van der Waals surface area (Å²) in [7, 11) is 0. The van der Waals surface area contributed by atoms with Crippen LogP contribution in [-0.2, 0) is 11.3 Å². The van der Waals surface area contributed by atoms with Crippen molar-refractivity contribution in [1.82, 2.24) is 20.3 Å². The molecule has 2 heterocycles. The number of aromatic nitrogens is 3. The van der Waals surface area contributed by atoms with Crippen molar-refractivity contribution < 1.29 is 9.53 Å². The predicted molar refractivity (Wildman–Crippen MR) is 100 cm³/mol. The molecule has 2 N–H and O–H groups in total. The Kier molecular flexibility index (Phi) is 6.00. The lowest BCUT2D eigenvalue weighted by Gasteiger charge is -2.23. The second-order valence-corrected chi connectivity index (χ2v) is 6.96. The maximum atomic E-state index is 12.6. The number of carbonyl (C=O) groups is 1. The van der Waals surface area contributed by atoms with Crippen LogP contribution in [0.5, 0.6) is 0 Å². The maximum absolute atomic E-state index is 12.6. The van der Waals surface area contributed by atoms with E-state index in [4.69, 9.17) is 4.74 Å². The van der Waals surface area contributed by atoms with Gasteiger partial charge in [-0.05, 0) is 64.4 Å². The van der Waals surface area contributed by atoms with Crippen LogP contribution in [0.4, 0.5) is 5.69 Å². The minimum atomic E-state index is -0.232. The molecule has 3 rings (SSSR count). The zero-order valence-electron chi connectivity index (χ0n) is 15.7. The second kappa shape index (κ2) is 8.42. The molecule has 1 aromatic heterocycles. The number of ether oxygens (including phenoxy) is 1. The molecule has 140 valence electrons. The van der Waals surface area contributed by atoms with Crippen LogP contribution in [0.1, 0.15) is 54.5 Å². The van der Waals surface area contributed by atoms with E-state index >= 15 is 0 Å². The fourth-order valence-electron chi connectivity index (χ4n) is 3.14. The summed E-state index contributed by atoms with van der Waals surface area (Å²) in [6.07, 6.45) is 2.17. The number of hydrogen-bond donors (Lipinski definition) is 2. The fourth-order valence-corrected chi connectivity index (χ4v) is 3.14. The summed E-state index contributed by atoms with van der Waals surface area (Å²) in [4.78, 5) is 12.6. The first-order valence-electron chi connectivity index (χ1n) is 9.19. The number of benzene rings is 1. The minimum absolute atomic E-state index is 0.168. The SMILES string of the molecule is Cc1c(C(=O)Nc2cccc(COC(C)C)c2)nnn1C1CCNCC1. The van der Waals surface area contributed by atoms with E-state index in [1.54, 1.807) is 0 Å². The fraction of sp³-hybridized carbons (Fsp3) is 0.526. The third-order valence-corrected chi connectivity index (χ3v) is 4.57. The second-order valence-electron chi connectivity index (χ2n) is 6.96. The molecule has 7 nitrogen and oxygen atoms in total. The first-order valence-corrected chi connectivity index (χ1v) is 9.19. The van der Waals surface area contributed by atoms with Gasteiger partial charge in [0.15, 0.2) is 5.69 Å². The van der Waals surface area contributed by atoms with Crippen molar-refractivity contribution in [2.24, 2.45) is 0 Å². The Bertz CT molecular complexity index is 750. The summed E-state index contributed by atoms with van der Waals surface area (Å²) >= 11 is 0. The van der Waals surface area contributed by atoms with Gasteiger partial charge in [-0.1, -0.05) is 17.3 Å². The molecule has 7 heteroatoms. The highest BCUT2D eigenvalue weighted by molar-refractivity contribution is 6.03. The van der Waals surface area contributed by atoms with E-state index in [1.165, 1.54) is 0 Å². The van der Waals surface area contributed by atoms with Crippen LogP contribution in [0, 0.1) is 6.92 Å². The number of rotatable bonds is 6. The van der Waals surface area contributed by atoms with E-state index in [2.05, 4.69) is 20.9 Å². The Hall–Kier alpha value is -2.25. The van der Waals surface area contributed by atoms with Crippen molar-refractivity contribution in [3.8, 4) is 0 Å². The molecule has 1 saturated heterocycles. The quantitative estimate of drug-likeness (QED) is 0.831. The lowest BCUT2D eigenvalue weighted by atomic mass is 10.1. The van der Waals surface area contributed by atoms with Gasteiger partial charge < -0.3 is 15.4 Å². The summed E-state index contributed by atoms with van der Waals surface area (Å²) in [6.45, 7) is 8.36. The van der Waals surface area contributed by atoms with Gasteiger partial charge in [0.05, 0.1) is 24.4 Å². The van der Waals surface area contributed by atoms with Crippen molar-refractivity contribution >= 4 is 11.6 Å². The molecule has 0 bridgehead atoms. The molecule has 0 aliphatic carbocycles. The standard InChI is InChI=1S/C19H27N5O2/c1-13(2)26-12-15-5-4-6-16(11-15)21-19(25)18-14(3)24(23-22-18)17-7-9-20-10-8-17/h4-6,11,13,17,20H,7-10,12H2,1-3H3,(H,21,25). The molecule has 1 amide bonds. The first-order chi connectivity index (χ1) is 12.5. The molecule has 1 aromatic carbocycles. The number of piperidine rings is 1. The first kappa shape index (κ1) is 18.5. The number of hydrogen-bond acceptors (Lipinski definition) is 5. The van der Waals surface area contributed by atoms with Crippen molar-refractivity contribution in [2.45, 2.75) is 52.4 Å². The number of carbonyl (C=O) groups excluding carboxylic acids is 1. The van der Waals surface area contributed by atoms with Crippen molar-refractivity contribution in [1.29, 1.82) is 0 Å². The van der Waals surface area contributed by atoms with Crippen molar-refractivity contribution in [3.05, 3.63) is 41.2 Å². The van der Waals surface area contributed by atoms with E-state index in [1.807, 2.05) is 49.7 Å². The van der Waals surface area contributed by atoms with Crippen LogP contribution in [0.3, 0.4) is 0 Å². The molecular formula is C19H27N5O2. The van der Waals surface area contributed by atoms with Gasteiger partial charge in [-0.2, -0.15) is 0 Å². The van der Waals surface area contributed by atoms with Gasteiger partial charge in [0, 0.05) is 5.69 Å². The van der Waals surface area contributed by atoms with E-state index in [0.717, 1.165) is 42.9 Å². The van der Waals surface area contributed by atoms with Crippen molar-refractivity contribution in [2.75, 3.05) is 18.4 Å². The lowest BCUT2D eigenvalue weighted by Crippen LogP contribution is -2.30. The van der Waals surface area contributed by atoms with E-state index < -0.39 is 0 Å². The van der Waals surface area contributed by atoms with Crippen LogP contribution < -0.4 is 10.6 Å².